The van der Waals surface area contributed by atoms with E-state index in [2.05, 4.69) is 42.5 Å². The van der Waals surface area contributed by atoms with Crippen LogP contribution >= 0.6 is 0 Å². The van der Waals surface area contributed by atoms with Crippen molar-refractivity contribution >= 4 is 11.9 Å². The molecule has 6 rings (SSSR count). The highest BCUT2D eigenvalue weighted by molar-refractivity contribution is 5.99. The van der Waals surface area contributed by atoms with Crippen molar-refractivity contribution in [1.29, 1.82) is 5.26 Å². The van der Waals surface area contributed by atoms with Crippen molar-refractivity contribution in [2.24, 2.45) is 5.92 Å². The number of ketones is 1. The SMILES string of the molecule is Cc1c(C#N)cccc1C(=O)C1CC2CCCC(C1)N2C(=O)OCC1c2ccccc2-c2ccccc21. The Morgan fingerprint density at radius 1 is 0.919 bits per heavy atom. The predicted molar refractivity (Wildman–Crippen MR) is 141 cm³/mol. The fourth-order valence-corrected chi connectivity index (χ4v) is 6.81. The molecular formula is C32H30N2O3. The lowest BCUT2D eigenvalue weighted by molar-refractivity contribution is 0.00649. The third-order valence-corrected chi connectivity index (χ3v) is 8.61. The fourth-order valence-electron chi connectivity index (χ4n) is 6.81. The number of ether oxygens (including phenoxy) is 1. The number of fused-ring (bicyclic) bond motifs is 5. The van der Waals surface area contributed by atoms with E-state index in [1.165, 1.54) is 22.3 Å². The van der Waals surface area contributed by atoms with E-state index in [0.717, 1.165) is 24.8 Å². The summed E-state index contributed by atoms with van der Waals surface area (Å²) in [5.74, 6) is -0.00930. The van der Waals surface area contributed by atoms with E-state index in [-0.39, 0.29) is 35.8 Å². The van der Waals surface area contributed by atoms with Crippen molar-refractivity contribution in [3.05, 3.63) is 94.5 Å². The first-order valence-corrected chi connectivity index (χ1v) is 13.2. The number of Topliss-reactive ketones (excluding diaryl/α,β-unsaturated/α-hetero) is 1. The van der Waals surface area contributed by atoms with Gasteiger partial charge < -0.3 is 9.64 Å². The van der Waals surface area contributed by atoms with E-state index in [9.17, 15) is 14.9 Å². The van der Waals surface area contributed by atoms with Crippen molar-refractivity contribution < 1.29 is 14.3 Å². The van der Waals surface area contributed by atoms with E-state index in [0.29, 0.717) is 30.6 Å². The third-order valence-electron chi connectivity index (χ3n) is 8.61. The zero-order valence-corrected chi connectivity index (χ0v) is 21.0. The zero-order valence-electron chi connectivity index (χ0n) is 21.0. The van der Waals surface area contributed by atoms with Crippen molar-refractivity contribution in [2.75, 3.05) is 6.61 Å². The zero-order chi connectivity index (χ0) is 25.5. The van der Waals surface area contributed by atoms with Crippen LogP contribution in [0.1, 0.15) is 70.6 Å². The second-order valence-electron chi connectivity index (χ2n) is 10.6. The highest BCUT2D eigenvalue weighted by atomic mass is 16.6. The maximum absolute atomic E-state index is 13.5. The van der Waals surface area contributed by atoms with E-state index in [1.807, 2.05) is 30.0 Å². The minimum Gasteiger partial charge on any atom is -0.448 e. The molecule has 3 aromatic rings. The van der Waals surface area contributed by atoms with Gasteiger partial charge in [0.1, 0.15) is 6.61 Å². The molecule has 0 radical (unpaired) electrons. The monoisotopic (exact) mass is 490 g/mol. The topological polar surface area (TPSA) is 70.4 Å². The first kappa shape index (κ1) is 23.5. The van der Waals surface area contributed by atoms with E-state index in [1.54, 1.807) is 12.1 Å². The van der Waals surface area contributed by atoms with Gasteiger partial charge in [0.05, 0.1) is 11.6 Å². The van der Waals surface area contributed by atoms with Gasteiger partial charge in [0.25, 0.3) is 0 Å². The Balaban J connectivity index is 1.17. The quantitative estimate of drug-likeness (QED) is 0.385. The maximum Gasteiger partial charge on any atom is 0.410 e. The van der Waals surface area contributed by atoms with Crippen LogP contribution in [0.25, 0.3) is 11.1 Å². The fraction of sp³-hybridized carbons (Fsp3) is 0.344. The summed E-state index contributed by atoms with van der Waals surface area (Å²) in [6.45, 7) is 2.16. The number of nitrogens with zero attached hydrogens (tertiary/aromatic N) is 2. The van der Waals surface area contributed by atoms with Gasteiger partial charge in [-0.25, -0.2) is 4.79 Å². The van der Waals surface area contributed by atoms with Gasteiger partial charge in [-0.05, 0) is 72.9 Å². The molecular weight excluding hydrogens is 460 g/mol. The number of nitriles is 1. The summed E-state index contributed by atoms with van der Waals surface area (Å²) in [4.78, 5) is 28.9. The van der Waals surface area contributed by atoms with E-state index < -0.39 is 0 Å². The van der Waals surface area contributed by atoms with Gasteiger partial charge >= 0.3 is 6.09 Å². The second kappa shape index (κ2) is 9.52. The molecule has 2 atom stereocenters. The van der Waals surface area contributed by atoms with Crippen LogP contribution in [0.5, 0.6) is 0 Å². The first-order valence-electron chi connectivity index (χ1n) is 13.2. The van der Waals surface area contributed by atoms with Gasteiger partial charge in [0, 0.05) is 29.5 Å². The van der Waals surface area contributed by atoms with Gasteiger partial charge in [-0.2, -0.15) is 5.26 Å². The first-order chi connectivity index (χ1) is 18.1. The smallest absolute Gasteiger partial charge is 0.410 e. The molecule has 37 heavy (non-hydrogen) atoms. The minimum absolute atomic E-state index is 0.0107. The number of hydrogen-bond donors (Lipinski definition) is 0. The van der Waals surface area contributed by atoms with Crippen LogP contribution in [0, 0.1) is 24.2 Å². The molecule has 0 aromatic heterocycles. The molecule has 2 heterocycles. The molecule has 0 saturated carbocycles. The summed E-state index contributed by atoms with van der Waals surface area (Å²) >= 11 is 0. The van der Waals surface area contributed by atoms with Gasteiger partial charge in [-0.1, -0.05) is 60.7 Å². The molecule has 186 valence electrons. The molecule has 1 amide bonds. The Morgan fingerprint density at radius 3 is 2.16 bits per heavy atom. The molecule has 0 N–H and O–H groups in total. The molecule has 2 unspecified atom stereocenters. The highest BCUT2D eigenvalue weighted by Gasteiger charge is 2.44. The predicted octanol–water partition coefficient (Wildman–Crippen LogP) is 6.63. The normalized spacial score (nSPS) is 22.1. The molecule has 5 heteroatoms. The average molecular weight is 491 g/mol. The van der Waals surface area contributed by atoms with Crippen LogP contribution in [0.4, 0.5) is 4.79 Å². The number of hydrogen-bond acceptors (Lipinski definition) is 4. The Morgan fingerprint density at radius 2 is 1.54 bits per heavy atom. The van der Waals surface area contributed by atoms with Crippen molar-refractivity contribution in [3.8, 4) is 17.2 Å². The second-order valence-corrected chi connectivity index (χ2v) is 10.6. The van der Waals surface area contributed by atoms with Crippen molar-refractivity contribution in [2.45, 2.75) is 57.0 Å². The highest BCUT2D eigenvalue weighted by Crippen LogP contribution is 2.45. The van der Waals surface area contributed by atoms with Gasteiger partial charge in [0.15, 0.2) is 5.78 Å². The summed E-state index contributed by atoms with van der Waals surface area (Å²) in [6.07, 6.45) is 3.88. The van der Waals surface area contributed by atoms with Crippen molar-refractivity contribution in [1.82, 2.24) is 4.90 Å². The Kier molecular flexibility index (Phi) is 6.04. The van der Waals surface area contributed by atoms with Gasteiger partial charge in [-0.3, -0.25) is 4.79 Å². The Labute approximate surface area is 217 Å². The van der Waals surface area contributed by atoms with Crippen LogP contribution in [0.15, 0.2) is 66.7 Å². The molecule has 2 fully saturated rings. The number of piperidine rings is 2. The van der Waals surface area contributed by atoms with Gasteiger partial charge in [-0.15, -0.1) is 0 Å². The number of carbonyl (C=O) groups excluding carboxylic acids is 2. The summed E-state index contributed by atoms with van der Waals surface area (Å²) < 4.78 is 6.01. The van der Waals surface area contributed by atoms with E-state index in [4.69, 9.17) is 4.74 Å². The van der Waals surface area contributed by atoms with Crippen LogP contribution in [-0.2, 0) is 4.74 Å². The molecule has 3 aromatic carbocycles. The molecule has 0 spiro atoms. The molecule has 2 saturated heterocycles. The Hall–Kier alpha value is -3.91. The van der Waals surface area contributed by atoms with Crippen LogP contribution in [0.2, 0.25) is 0 Å². The molecule has 5 nitrogen and oxygen atoms in total. The Bertz CT molecular complexity index is 1360. The summed E-state index contributed by atoms with van der Waals surface area (Å²) in [6, 6.07) is 24.3. The minimum atomic E-state index is -0.259. The number of rotatable bonds is 4. The van der Waals surface area contributed by atoms with Crippen LogP contribution < -0.4 is 0 Å². The van der Waals surface area contributed by atoms with Crippen molar-refractivity contribution in [3.63, 3.8) is 0 Å². The number of amides is 1. The lowest BCUT2D eigenvalue weighted by atomic mass is 9.75. The third kappa shape index (κ3) is 4.01. The molecule has 2 aliphatic heterocycles. The molecule has 3 aliphatic rings. The maximum atomic E-state index is 13.5. The van der Waals surface area contributed by atoms with Crippen LogP contribution in [-0.4, -0.2) is 35.5 Å². The molecule has 1 aliphatic carbocycles. The van der Waals surface area contributed by atoms with E-state index >= 15 is 0 Å². The average Bonchev–Trinajstić information content (AvgIpc) is 3.24. The summed E-state index contributed by atoms with van der Waals surface area (Å²) in [5, 5.41) is 9.38. The van der Waals surface area contributed by atoms with Crippen LogP contribution in [0.3, 0.4) is 0 Å². The number of benzene rings is 3. The standard InChI is InChI=1S/C32H30N2O3/c1-20-21(18-33)8-6-15-25(20)31(35)22-16-23-9-7-10-24(17-22)34(23)32(36)37-19-30-28-13-4-2-11-26(28)27-12-3-5-14-29(27)30/h2-6,8,11-15,22-24,30H,7,9-10,16-17,19H2,1H3. The summed E-state index contributed by atoms with van der Waals surface area (Å²) in [7, 11) is 0. The molecule has 2 bridgehead atoms. The number of carbonyl (C=O) groups is 2. The lowest BCUT2D eigenvalue weighted by Gasteiger charge is -2.47. The van der Waals surface area contributed by atoms with Gasteiger partial charge in [0.2, 0.25) is 0 Å². The summed E-state index contributed by atoms with van der Waals surface area (Å²) in [5.41, 5.74) is 6.77. The lowest BCUT2D eigenvalue weighted by Crippen LogP contribution is -2.56. The largest absolute Gasteiger partial charge is 0.448 e.